The molecule has 0 unspecified atom stereocenters. The Morgan fingerprint density at radius 2 is 1.53 bits per heavy atom. The Bertz CT molecular complexity index is 1100. The van der Waals surface area contributed by atoms with E-state index in [1.807, 2.05) is 17.0 Å². The highest BCUT2D eigenvalue weighted by atomic mass is 16.2. The van der Waals surface area contributed by atoms with Gasteiger partial charge >= 0.3 is 0 Å². The SMILES string of the molecule is O=C(c1ccncc1)N1CCc2[nH]nc(C(c3ccccc3)c3ccccc3)c2C1. The summed E-state index contributed by atoms with van der Waals surface area (Å²) >= 11 is 0. The van der Waals surface area contributed by atoms with Gasteiger partial charge < -0.3 is 4.90 Å². The molecular weight excluding hydrogens is 372 g/mol. The zero-order valence-corrected chi connectivity index (χ0v) is 16.5. The molecule has 148 valence electrons. The lowest BCUT2D eigenvalue weighted by molar-refractivity contribution is 0.0733. The van der Waals surface area contributed by atoms with Gasteiger partial charge in [0.1, 0.15) is 0 Å². The molecule has 0 saturated carbocycles. The Morgan fingerprint density at radius 1 is 0.900 bits per heavy atom. The molecule has 1 N–H and O–H groups in total. The first-order chi connectivity index (χ1) is 14.8. The van der Waals surface area contributed by atoms with Crippen LogP contribution in [-0.4, -0.2) is 32.5 Å². The molecule has 5 nitrogen and oxygen atoms in total. The number of pyridine rings is 1. The summed E-state index contributed by atoms with van der Waals surface area (Å²) in [4.78, 5) is 18.9. The molecule has 0 spiro atoms. The van der Waals surface area contributed by atoms with E-state index in [1.54, 1.807) is 24.5 Å². The van der Waals surface area contributed by atoms with Gasteiger partial charge in [-0.3, -0.25) is 14.9 Å². The maximum atomic E-state index is 13.0. The van der Waals surface area contributed by atoms with Crippen LogP contribution in [0.3, 0.4) is 0 Å². The summed E-state index contributed by atoms with van der Waals surface area (Å²) < 4.78 is 0. The van der Waals surface area contributed by atoms with Gasteiger partial charge in [0, 0.05) is 48.7 Å². The molecule has 5 rings (SSSR count). The van der Waals surface area contributed by atoms with E-state index in [1.165, 1.54) is 11.1 Å². The minimum absolute atomic E-state index is 0.0170. The fourth-order valence-electron chi connectivity index (χ4n) is 4.21. The molecule has 4 aromatic rings. The summed E-state index contributed by atoms with van der Waals surface area (Å²) in [6, 6.07) is 24.4. The Hall–Kier alpha value is -3.73. The van der Waals surface area contributed by atoms with Crippen LogP contribution in [0.5, 0.6) is 0 Å². The molecule has 0 saturated heterocycles. The zero-order chi connectivity index (χ0) is 20.3. The maximum Gasteiger partial charge on any atom is 0.254 e. The second-order valence-corrected chi connectivity index (χ2v) is 7.53. The highest BCUT2D eigenvalue weighted by molar-refractivity contribution is 5.94. The summed E-state index contributed by atoms with van der Waals surface area (Å²) in [6.07, 6.45) is 4.09. The molecule has 0 bridgehead atoms. The molecule has 0 aliphatic carbocycles. The second kappa shape index (κ2) is 7.95. The van der Waals surface area contributed by atoms with E-state index in [4.69, 9.17) is 5.10 Å². The monoisotopic (exact) mass is 394 g/mol. The lowest BCUT2D eigenvalue weighted by Gasteiger charge is -2.28. The molecule has 30 heavy (non-hydrogen) atoms. The molecule has 0 atom stereocenters. The third-order valence-corrected chi connectivity index (χ3v) is 5.72. The van der Waals surface area contributed by atoms with Crippen molar-refractivity contribution in [1.29, 1.82) is 0 Å². The van der Waals surface area contributed by atoms with Crippen molar-refractivity contribution in [2.24, 2.45) is 0 Å². The normalized spacial score (nSPS) is 13.3. The number of nitrogens with zero attached hydrogens (tertiary/aromatic N) is 3. The number of H-pyrrole nitrogens is 1. The number of hydrogen-bond acceptors (Lipinski definition) is 3. The summed E-state index contributed by atoms with van der Waals surface area (Å²) in [5.74, 6) is 0.0505. The summed E-state index contributed by atoms with van der Waals surface area (Å²) in [6.45, 7) is 1.23. The van der Waals surface area contributed by atoms with Gasteiger partial charge in [0.25, 0.3) is 5.91 Å². The van der Waals surface area contributed by atoms with Crippen LogP contribution >= 0.6 is 0 Å². The standard InChI is InChI=1S/C25H22N4O/c30-25(20-11-14-26-15-12-20)29-16-13-22-21(17-29)24(28-27-22)23(18-7-3-1-4-8-18)19-9-5-2-6-10-19/h1-12,14-15,23H,13,16-17H2,(H,27,28). The number of aromatic nitrogens is 3. The van der Waals surface area contributed by atoms with Crippen molar-refractivity contribution in [3.05, 3.63) is 119 Å². The van der Waals surface area contributed by atoms with Crippen LogP contribution in [-0.2, 0) is 13.0 Å². The number of aromatic amines is 1. The fourth-order valence-corrected chi connectivity index (χ4v) is 4.21. The molecule has 2 aromatic carbocycles. The number of fused-ring (bicyclic) bond motifs is 1. The molecule has 1 aliphatic heterocycles. The highest BCUT2D eigenvalue weighted by Gasteiger charge is 2.30. The van der Waals surface area contributed by atoms with Crippen LogP contribution in [0.25, 0.3) is 0 Å². The van der Waals surface area contributed by atoms with Crippen LogP contribution in [0.15, 0.2) is 85.2 Å². The average molecular weight is 394 g/mol. The van der Waals surface area contributed by atoms with Crippen molar-refractivity contribution in [1.82, 2.24) is 20.1 Å². The molecule has 1 amide bonds. The van der Waals surface area contributed by atoms with Gasteiger partial charge in [0.05, 0.1) is 11.6 Å². The number of amides is 1. The number of benzene rings is 2. The molecule has 0 fully saturated rings. The Balaban J connectivity index is 1.53. The van der Waals surface area contributed by atoms with E-state index in [9.17, 15) is 4.79 Å². The predicted octanol–water partition coefficient (Wildman–Crippen LogP) is 4.18. The largest absolute Gasteiger partial charge is 0.334 e. The predicted molar refractivity (Wildman–Crippen MR) is 115 cm³/mol. The zero-order valence-electron chi connectivity index (χ0n) is 16.5. The smallest absolute Gasteiger partial charge is 0.254 e. The van der Waals surface area contributed by atoms with Crippen LogP contribution in [0.4, 0.5) is 0 Å². The number of carbonyl (C=O) groups is 1. The van der Waals surface area contributed by atoms with Crippen molar-refractivity contribution in [3.63, 3.8) is 0 Å². The van der Waals surface area contributed by atoms with Gasteiger partial charge in [-0.2, -0.15) is 5.10 Å². The average Bonchev–Trinajstić information content (AvgIpc) is 3.24. The van der Waals surface area contributed by atoms with Crippen LogP contribution in [0, 0.1) is 0 Å². The Morgan fingerprint density at radius 3 is 2.17 bits per heavy atom. The summed E-state index contributed by atoms with van der Waals surface area (Å²) in [5.41, 5.74) is 6.30. The van der Waals surface area contributed by atoms with Crippen molar-refractivity contribution in [2.75, 3.05) is 6.54 Å². The minimum atomic E-state index is 0.0170. The maximum absolute atomic E-state index is 13.0. The molecule has 5 heteroatoms. The number of hydrogen-bond donors (Lipinski definition) is 1. The van der Waals surface area contributed by atoms with Gasteiger partial charge in [-0.25, -0.2) is 0 Å². The minimum Gasteiger partial charge on any atom is -0.334 e. The van der Waals surface area contributed by atoms with E-state index < -0.39 is 0 Å². The third-order valence-electron chi connectivity index (χ3n) is 5.72. The first kappa shape index (κ1) is 18.3. The van der Waals surface area contributed by atoms with Crippen LogP contribution in [0.2, 0.25) is 0 Å². The number of carbonyl (C=O) groups excluding carboxylic acids is 1. The van der Waals surface area contributed by atoms with Gasteiger partial charge in [0.2, 0.25) is 0 Å². The third kappa shape index (κ3) is 3.39. The van der Waals surface area contributed by atoms with Gasteiger partial charge in [-0.05, 0) is 23.3 Å². The lowest BCUT2D eigenvalue weighted by Crippen LogP contribution is -2.36. The van der Waals surface area contributed by atoms with Crippen molar-refractivity contribution in [2.45, 2.75) is 18.9 Å². The topological polar surface area (TPSA) is 61.9 Å². The Kier molecular flexibility index (Phi) is 4.85. The molecule has 2 aromatic heterocycles. The molecule has 0 radical (unpaired) electrons. The van der Waals surface area contributed by atoms with Crippen molar-refractivity contribution >= 4 is 5.91 Å². The van der Waals surface area contributed by atoms with E-state index in [0.717, 1.165) is 23.4 Å². The summed E-state index contributed by atoms with van der Waals surface area (Å²) in [5, 5.41) is 7.99. The van der Waals surface area contributed by atoms with Crippen LogP contribution < -0.4 is 0 Å². The number of nitrogens with one attached hydrogen (secondary N) is 1. The first-order valence-corrected chi connectivity index (χ1v) is 10.2. The van der Waals surface area contributed by atoms with Crippen molar-refractivity contribution < 1.29 is 4.79 Å². The Labute approximate surface area is 175 Å². The van der Waals surface area contributed by atoms with Crippen molar-refractivity contribution in [3.8, 4) is 0 Å². The first-order valence-electron chi connectivity index (χ1n) is 10.2. The lowest BCUT2D eigenvalue weighted by atomic mass is 9.85. The second-order valence-electron chi connectivity index (χ2n) is 7.53. The van der Waals surface area contributed by atoms with Gasteiger partial charge in [-0.1, -0.05) is 60.7 Å². The van der Waals surface area contributed by atoms with E-state index in [0.29, 0.717) is 18.7 Å². The van der Waals surface area contributed by atoms with E-state index in [-0.39, 0.29) is 11.8 Å². The van der Waals surface area contributed by atoms with Crippen LogP contribution in [0.1, 0.15) is 44.4 Å². The van der Waals surface area contributed by atoms with Gasteiger partial charge in [0.15, 0.2) is 0 Å². The molecular formula is C25H22N4O. The number of rotatable bonds is 4. The molecule has 1 aliphatic rings. The van der Waals surface area contributed by atoms with E-state index >= 15 is 0 Å². The molecule has 3 heterocycles. The quantitative estimate of drug-likeness (QED) is 0.565. The highest BCUT2D eigenvalue weighted by Crippen LogP contribution is 2.35. The van der Waals surface area contributed by atoms with E-state index in [2.05, 4.69) is 58.6 Å². The summed E-state index contributed by atoms with van der Waals surface area (Å²) in [7, 11) is 0. The van der Waals surface area contributed by atoms with Gasteiger partial charge in [-0.15, -0.1) is 0 Å². The fraction of sp³-hybridized carbons (Fsp3) is 0.160.